The van der Waals surface area contributed by atoms with Gasteiger partial charge in [-0.2, -0.15) is 0 Å². The van der Waals surface area contributed by atoms with Crippen LogP contribution in [0.1, 0.15) is 6.92 Å². The van der Waals surface area contributed by atoms with E-state index in [1.54, 1.807) is 0 Å². The summed E-state index contributed by atoms with van der Waals surface area (Å²) in [7, 11) is 0. The third-order valence-electron chi connectivity index (χ3n) is 2.28. The van der Waals surface area contributed by atoms with E-state index in [0.29, 0.717) is 12.7 Å². The molecule has 0 saturated carbocycles. The predicted octanol–water partition coefficient (Wildman–Crippen LogP) is -1.21. The molecular formula is C8H20N4. The van der Waals surface area contributed by atoms with Crippen molar-refractivity contribution in [1.29, 1.82) is 0 Å². The molecule has 0 aromatic rings. The molecule has 0 spiro atoms. The van der Waals surface area contributed by atoms with Crippen molar-refractivity contribution in [2.45, 2.75) is 13.1 Å². The van der Waals surface area contributed by atoms with Crippen molar-refractivity contribution in [1.82, 2.24) is 15.5 Å². The maximum Gasteiger partial charge on any atom is 0.0726 e. The van der Waals surface area contributed by atoms with Crippen molar-refractivity contribution in [2.24, 2.45) is 5.73 Å². The number of likely N-dealkylation sites (N-methyl/N-ethyl adjacent to an activating group) is 1. The fraction of sp³-hybridized carbons (Fsp3) is 1.00. The Hall–Kier alpha value is -0.160. The zero-order valence-corrected chi connectivity index (χ0v) is 7.84. The lowest BCUT2D eigenvalue weighted by Crippen LogP contribution is -2.58. The molecule has 1 aliphatic heterocycles. The smallest absolute Gasteiger partial charge is 0.0726 e. The first-order valence-corrected chi connectivity index (χ1v) is 4.76. The molecule has 1 heterocycles. The molecule has 1 aliphatic rings. The molecule has 1 unspecified atom stereocenters. The Morgan fingerprint density at radius 3 is 3.17 bits per heavy atom. The highest BCUT2D eigenvalue weighted by Crippen LogP contribution is 1.98. The van der Waals surface area contributed by atoms with Crippen molar-refractivity contribution < 1.29 is 0 Å². The van der Waals surface area contributed by atoms with Gasteiger partial charge in [-0.25, -0.2) is 0 Å². The highest BCUT2D eigenvalue weighted by atomic mass is 15.3. The SMILES string of the molecule is CCN1CCNCC1NCCN. The largest absolute Gasteiger partial charge is 0.329 e. The van der Waals surface area contributed by atoms with E-state index in [9.17, 15) is 0 Å². The van der Waals surface area contributed by atoms with E-state index < -0.39 is 0 Å². The van der Waals surface area contributed by atoms with E-state index in [-0.39, 0.29) is 0 Å². The molecule has 4 nitrogen and oxygen atoms in total. The van der Waals surface area contributed by atoms with Crippen LogP contribution in [-0.2, 0) is 0 Å². The molecule has 4 heteroatoms. The summed E-state index contributed by atoms with van der Waals surface area (Å²) < 4.78 is 0. The van der Waals surface area contributed by atoms with Crippen molar-refractivity contribution in [3.63, 3.8) is 0 Å². The Labute approximate surface area is 74.5 Å². The summed E-state index contributed by atoms with van der Waals surface area (Å²) in [6.07, 6.45) is 0.479. The van der Waals surface area contributed by atoms with Crippen LogP contribution in [0.25, 0.3) is 0 Å². The van der Waals surface area contributed by atoms with Crippen molar-refractivity contribution in [3.8, 4) is 0 Å². The van der Waals surface area contributed by atoms with Gasteiger partial charge < -0.3 is 11.1 Å². The number of nitrogens with two attached hydrogens (primary N) is 1. The van der Waals surface area contributed by atoms with Gasteiger partial charge >= 0.3 is 0 Å². The average molecular weight is 172 g/mol. The maximum atomic E-state index is 5.43. The first-order valence-electron chi connectivity index (χ1n) is 4.76. The van der Waals surface area contributed by atoms with Crippen LogP contribution in [0, 0.1) is 0 Å². The van der Waals surface area contributed by atoms with E-state index in [2.05, 4.69) is 22.5 Å². The lowest BCUT2D eigenvalue weighted by atomic mass is 10.3. The summed E-state index contributed by atoms with van der Waals surface area (Å²) >= 11 is 0. The lowest BCUT2D eigenvalue weighted by molar-refractivity contribution is 0.142. The van der Waals surface area contributed by atoms with Gasteiger partial charge in [0.15, 0.2) is 0 Å². The monoisotopic (exact) mass is 172 g/mol. The second kappa shape index (κ2) is 5.48. The van der Waals surface area contributed by atoms with Crippen molar-refractivity contribution in [3.05, 3.63) is 0 Å². The van der Waals surface area contributed by atoms with Crippen LogP contribution in [0.15, 0.2) is 0 Å². The Bertz CT molecular complexity index is 118. The number of hydrogen-bond acceptors (Lipinski definition) is 4. The first-order chi connectivity index (χ1) is 5.88. The van der Waals surface area contributed by atoms with Crippen molar-refractivity contribution in [2.75, 3.05) is 39.3 Å². The summed E-state index contributed by atoms with van der Waals surface area (Å²) in [6.45, 7) is 8.21. The van der Waals surface area contributed by atoms with E-state index in [1.165, 1.54) is 0 Å². The standard InChI is InChI=1S/C8H20N4/c1-2-12-6-5-10-7-8(12)11-4-3-9/h8,10-11H,2-7,9H2,1H3. The molecule has 0 amide bonds. The van der Waals surface area contributed by atoms with E-state index in [0.717, 1.165) is 32.7 Å². The topological polar surface area (TPSA) is 53.3 Å². The zero-order chi connectivity index (χ0) is 8.81. The molecule has 0 aliphatic carbocycles. The van der Waals surface area contributed by atoms with Gasteiger partial charge in [0, 0.05) is 32.7 Å². The molecule has 1 rings (SSSR count). The number of hydrogen-bond donors (Lipinski definition) is 3. The van der Waals surface area contributed by atoms with Gasteiger partial charge in [-0.15, -0.1) is 0 Å². The molecule has 1 saturated heterocycles. The fourth-order valence-corrected chi connectivity index (χ4v) is 1.58. The second-order valence-electron chi connectivity index (χ2n) is 3.09. The number of piperazine rings is 1. The van der Waals surface area contributed by atoms with Crippen LogP contribution >= 0.6 is 0 Å². The molecule has 12 heavy (non-hydrogen) atoms. The maximum absolute atomic E-state index is 5.43. The van der Waals surface area contributed by atoms with Gasteiger partial charge in [-0.3, -0.25) is 10.2 Å². The third-order valence-corrected chi connectivity index (χ3v) is 2.28. The summed E-state index contributed by atoms with van der Waals surface area (Å²) in [5, 5.41) is 6.77. The summed E-state index contributed by atoms with van der Waals surface area (Å²) in [6, 6.07) is 0. The highest BCUT2D eigenvalue weighted by molar-refractivity contribution is 4.76. The minimum Gasteiger partial charge on any atom is -0.329 e. The second-order valence-corrected chi connectivity index (χ2v) is 3.09. The molecule has 0 bridgehead atoms. The van der Waals surface area contributed by atoms with Crippen LogP contribution in [0.2, 0.25) is 0 Å². The quantitative estimate of drug-likeness (QED) is 0.498. The number of nitrogens with one attached hydrogen (secondary N) is 2. The van der Waals surface area contributed by atoms with Crippen LogP contribution < -0.4 is 16.4 Å². The third kappa shape index (κ3) is 2.71. The van der Waals surface area contributed by atoms with Gasteiger partial charge in [-0.1, -0.05) is 6.92 Å². The van der Waals surface area contributed by atoms with Crippen LogP contribution in [0.5, 0.6) is 0 Å². The normalized spacial score (nSPS) is 26.0. The van der Waals surface area contributed by atoms with E-state index in [4.69, 9.17) is 5.73 Å². The summed E-state index contributed by atoms with van der Waals surface area (Å²) in [5.74, 6) is 0. The van der Waals surface area contributed by atoms with Crippen LogP contribution in [0.3, 0.4) is 0 Å². The Balaban J connectivity index is 2.26. The average Bonchev–Trinajstić information content (AvgIpc) is 2.15. The molecule has 0 aromatic carbocycles. The Kier molecular flexibility index (Phi) is 4.53. The minimum absolute atomic E-state index is 0.479. The van der Waals surface area contributed by atoms with Gasteiger partial charge in [0.25, 0.3) is 0 Å². The van der Waals surface area contributed by atoms with Crippen molar-refractivity contribution >= 4 is 0 Å². The summed E-state index contributed by atoms with van der Waals surface area (Å²) in [5.41, 5.74) is 5.43. The zero-order valence-electron chi connectivity index (χ0n) is 7.84. The van der Waals surface area contributed by atoms with Gasteiger partial charge in [0.2, 0.25) is 0 Å². The first kappa shape index (κ1) is 9.92. The predicted molar refractivity (Wildman–Crippen MR) is 51.0 cm³/mol. The summed E-state index contributed by atoms with van der Waals surface area (Å²) in [4.78, 5) is 2.44. The lowest BCUT2D eigenvalue weighted by Gasteiger charge is -2.35. The fourth-order valence-electron chi connectivity index (χ4n) is 1.58. The van der Waals surface area contributed by atoms with Crippen LogP contribution in [0.4, 0.5) is 0 Å². The molecule has 1 fully saturated rings. The molecule has 72 valence electrons. The molecule has 0 aromatic heterocycles. The Morgan fingerprint density at radius 2 is 2.50 bits per heavy atom. The molecule has 0 radical (unpaired) electrons. The van der Waals surface area contributed by atoms with Gasteiger partial charge in [0.1, 0.15) is 0 Å². The molecule has 1 atom stereocenters. The van der Waals surface area contributed by atoms with E-state index >= 15 is 0 Å². The molecule has 4 N–H and O–H groups in total. The van der Waals surface area contributed by atoms with Crippen LogP contribution in [-0.4, -0.2) is 50.3 Å². The highest BCUT2D eigenvalue weighted by Gasteiger charge is 2.18. The number of nitrogens with zero attached hydrogens (tertiary/aromatic N) is 1. The minimum atomic E-state index is 0.479. The van der Waals surface area contributed by atoms with Gasteiger partial charge in [0.05, 0.1) is 6.17 Å². The molecular weight excluding hydrogens is 152 g/mol. The number of rotatable bonds is 4. The van der Waals surface area contributed by atoms with Gasteiger partial charge in [-0.05, 0) is 6.54 Å². The Morgan fingerprint density at radius 1 is 1.67 bits per heavy atom. The van der Waals surface area contributed by atoms with E-state index in [1.807, 2.05) is 0 Å².